The average Bonchev–Trinajstić information content (AvgIpc) is 3.14. The first-order valence-electron chi connectivity index (χ1n) is 16.2. The number of hydrogen-bond acceptors (Lipinski definition) is 2. The van der Waals surface area contributed by atoms with Gasteiger partial charge in [0.15, 0.2) is 5.82 Å². The van der Waals surface area contributed by atoms with Crippen molar-refractivity contribution in [2.75, 3.05) is 0 Å². The Hall–Kier alpha value is -5.86. The van der Waals surface area contributed by atoms with Crippen LogP contribution in [0.3, 0.4) is 0 Å². The van der Waals surface area contributed by atoms with Crippen molar-refractivity contribution in [1.82, 2.24) is 9.97 Å². The van der Waals surface area contributed by atoms with E-state index in [1.165, 1.54) is 49.4 Å². The Bertz CT molecular complexity index is 2280. The van der Waals surface area contributed by atoms with Crippen LogP contribution in [0.5, 0.6) is 0 Å². The molecule has 0 aliphatic carbocycles. The summed E-state index contributed by atoms with van der Waals surface area (Å²) in [6.45, 7) is 4.52. The average molecular weight is 603 g/mol. The third kappa shape index (κ3) is 5.09. The predicted molar refractivity (Wildman–Crippen MR) is 197 cm³/mol. The van der Waals surface area contributed by atoms with Gasteiger partial charge in [-0.3, -0.25) is 0 Å². The van der Waals surface area contributed by atoms with Gasteiger partial charge in [0.25, 0.3) is 0 Å². The van der Waals surface area contributed by atoms with Crippen molar-refractivity contribution in [1.29, 1.82) is 0 Å². The second kappa shape index (κ2) is 11.8. The molecular formula is C45H34N2. The van der Waals surface area contributed by atoms with E-state index < -0.39 is 0 Å². The second-order valence-electron chi connectivity index (χ2n) is 12.6. The van der Waals surface area contributed by atoms with Crippen LogP contribution in [0.15, 0.2) is 170 Å². The number of nitrogens with zero attached hydrogens (tertiary/aromatic N) is 2. The molecule has 2 nitrogen and oxygen atoms in total. The highest BCUT2D eigenvalue weighted by Crippen LogP contribution is 2.44. The molecular weight excluding hydrogens is 569 g/mol. The fraction of sp³-hybridized carbons (Fsp3) is 0.0667. The number of benzene rings is 7. The van der Waals surface area contributed by atoms with Crippen molar-refractivity contribution in [3.63, 3.8) is 0 Å². The first-order chi connectivity index (χ1) is 23.1. The highest BCUT2D eigenvalue weighted by Gasteiger charge is 2.28. The molecule has 224 valence electrons. The molecule has 0 amide bonds. The zero-order valence-corrected chi connectivity index (χ0v) is 26.6. The normalized spacial score (nSPS) is 11.6. The van der Waals surface area contributed by atoms with E-state index in [2.05, 4.69) is 159 Å². The second-order valence-corrected chi connectivity index (χ2v) is 12.6. The van der Waals surface area contributed by atoms with Gasteiger partial charge in [-0.2, -0.15) is 0 Å². The van der Waals surface area contributed by atoms with Crippen molar-refractivity contribution >= 4 is 21.5 Å². The Morgan fingerprint density at radius 3 is 1.32 bits per heavy atom. The third-order valence-electron chi connectivity index (χ3n) is 9.43. The smallest absolute Gasteiger partial charge is 0.159 e. The van der Waals surface area contributed by atoms with Crippen molar-refractivity contribution < 1.29 is 0 Å². The molecule has 0 spiro atoms. The molecule has 8 rings (SSSR count). The van der Waals surface area contributed by atoms with Gasteiger partial charge in [-0.15, -0.1) is 0 Å². The van der Waals surface area contributed by atoms with Crippen molar-refractivity contribution in [3.05, 3.63) is 181 Å². The molecule has 1 aromatic heterocycles. The molecule has 0 aliphatic rings. The van der Waals surface area contributed by atoms with Gasteiger partial charge in [0.1, 0.15) is 0 Å². The summed E-state index contributed by atoms with van der Waals surface area (Å²) >= 11 is 0. The Morgan fingerprint density at radius 1 is 0.404 bits per heavy atom. The summed E-state index contributed by atoms with van der Waals surface area (Å²) in [4.78, 5) is 10.1. The molecule has 0 aliphatic heterocycles. The minimum absolute atomic E-state index is 0.301. The molecule has 8 aromatic rings. The first kappa shape index (κ1) is 28.6. The number of hydrogen-bond donors (Lipinski definition) is 0. The lowest BCUT2D eigenvalue weighted by atomic mass is 9.77. The SMILES string of the molecule is CC(C)(c1ccccc1)c1cnc(-c2ccccc2)nc1-c1ccc(-c2c3ccccc3c(-c3ccccc3)c3ccccc23)cc1. The van der Waals surface area contributed by atoms with Crippen LogP contribution in [0.1, 0.15) is 25.0 Å². The molecule has 0 radical (unpaired) electrons. The molecule has 0 atom stereocenters. The molecule has 0 N–H and O–H groups in total. The van der Waals surface area contributed by atoms with E-state index in [0.717, 1.165) is 28.2 Å². The molecule has 0 saturated heterocycles. The van der Waals surface area contributed by atoms with Gasteiger partial charge in [-0.05, 0) is 49.4 Å². The monoisotopic (exact) mass is 602 g/mol. The van der Waals surface area contributed by atoms with Crippen LogP contribution in [-0.2, 0) is 5.41 Å². The molecule has 1 heterocycles. The Balaban J connectivity index is 1.32. The van der Waals surface area contributed by atoms with Gasteiger partial charge in [0.05, 0.1) is 5.69 Å². The number of fused-ring (bicyclic) bond motifs is 2. The van der Waals surface area contributed by atoms with E-state index in [9.17, 15) is 0 Å². The lowest BCUT2D eigenvalue weighted by molar-refractivity contribution is 0.636. The van der Waals surface area contributed by atoms with Crippen molar-refractivity contribution in [2.45, 2.75) is 19.3 Å². The van der Waals surface area contributed by atoms with E-state index in [-0.39, 0.29) is 5.41 Å². The zero-order valence-electron chi connectivity index (χ0n) is 26.6. The van der Waals surface area contributed by atoms with Crippen LogP contribution in [0.4, 0.5) is 0 Å². The summed E-state index contributed by atoms with van der Waals surface area (Å²) in [6, 6.07) is 58.2. The van der Waals surface area contributed by atoms with Crippen LogP contribution in [0, 0.1) is 0 Å². The summed E-state index contributed by atoms with van der Waals surface area (Å²) in [5, 5.41) is 5.01. The summed E-state index contributed by atoms with van der Waals surface area (Å²) in [5.74, 6) is 0.728. The predicted octanol–water partition coefficient (Wildman–Crippen LogP) is 11.8. The third-order valence-corrected chi connectivity index (χ3v) is 9.43. The van der Waals surface area contributed by atoms with Crippen molar-refractivity contribution in [3.8, 4) is 44.9 Å². The summed E-state index contributed by atoms with van der Waals surface area (Å²) < 4.78 is 0. The molecule has 0 saturated carbocycles. The van der Waals surface area contributed by atoms with Crippen LogP contribution >= 0.6 is 0 Å². The minimum Gasteiger partial charge on any atom is -0.236 e. The standard InChI is InChI=1S/C45H34N2/c1-45(2,35-20-10-5-11-21-35)40-30-46-44(34-18-8-4-9-19-34)47-43(40)33-28-26-32(27-29-33)42-38-24-14-12-22-36(38)41(31-16-6-3-7-17-31)37-23-13-15-25-39(37)42/h3-30H,1-2H3. The van der Waals surface area contributed by atoms with Crippen LogP contribution in [-0.4, -0.2) is 9.97 Å². The number of aromatic nitrogens is 2. The van der Waals surface area contributed by atoms with Gasteiger partial charge in [0, 0.05) is 28.3 Å². The summed E-state index contributed by atoms with van der Waals surface area (Å²) in [5.41, 5.74) is 9.99. The van der Waals surface area contributed by atoms with Gasteiger partial charge in [-0.25, -0.2) is 9.97 Å². The fourth-order valence-electron chi connectivity index (χ4n) is 6.95. The van der Waals surface area contributed by atoms with E-state index in [4.69, 9.17) is 9.97 Å². The fourth-order valence-corrected chi connectivity index (χ4v) is 6.95. The molecule has 0 fully saturated rings. The molecule has 2 heteroatoms. The maximum Gasteiger partial charge on any atom is 0.159 e. The van der Waals surface area contributed by atoms with E-state index >= 15 is 0 Å². The van der Waals surface area contributed by atoms with E-state index in [1.54, 1.807) is 0 Å². The number of rotatable bonds is 6. The van der Waals surface area contributed by atoms with Crippen LogP contribution < -0.4 is 0 Å². The van der Waals surface area contributed by atoms with Gasteiger partial charge in [0.2, 0.25) is 0 Å². The van der Waals surface area contributed by atoms with E-state index in [0.29, 0.717) is 0 Å². The Kier molecular flexibility index (Phi) is 7.19. The van der Waals surface area contributed by atoms with Gasteiger partial charge >= 0.3 is 0 Å². The Labute approximate surface area is 276 Å². The topological polar surface area (TPSA) is 25.8 Å². The van der Waals surface area contributed by atoms with Gasteiger partial charge < -0.3 is 0 Å². The molecule has 47 heavy (non-hydrogen) atoms. The maximum atomic E-state index is 5.24. The quantitative estimate of drug-likeness (QED) is 0.177. The van der Waals surface area contributed by atoms with Crippen molar-refractivity contribution in [2.24, 2.45) is 0 Å². The first-order valence-corrected chi connectivity index (χ1v) is 16.2. The highest BCUT2D eigenvalue weighted by atomic mass is 14.9. The lowest BCUT2D eigenvalue weighted by Gasteiger charge is -2.28. The summed E-state index contributed by atoms with van der Waals surface area (Å²) in [6.07, 6.45) is 2.02. The lowest BCUT2D eigenvalue weighted by Crippen LogP contribution is -2.21. The maximum absolute atomic E-state index is 5.24. The minimum atomic E-state index is -0.301. The molecule has 0 unspecified atom stereocenters. The van der Waals surface area contributed by atoms with E-state index in [1.807, 2.05) is 24.4 Å². The van der Waals surface area contributed by atoms with Gasteiger partial charge in [-0.1, -0.05) is 178 Å². The summed E-state index contributed by atoms with van der Waals surface area (Å²) in [7, 11) is 0. The largest absolute Gasteiger partial charge is 0.236 e. The Morgan fingerprint density at radius 2 is 0.809 bits per heavy atom. The van der Waals surface area contributed by atoms with Crippen LogP contribution in [0.25, 0.3) is 66.4 Å². The zero-order chi connectivity index (χ0) is 31.8. The molecule has 7 aromatic carbocycles. The highest BCUT2D eigenvalue weighted by molar-refractivity contribution is 6.21. The van der Waals surface area contributed by atoms with Crippen LogP contribution in [0.2, 0.25) is 0 Å². The molecule has 0 bridgehead atoms.